The molecule has 10 heteroatoms. The Kier molecular flexibility index (Phi) is 8.33. The van der Waals surface area contributed by atoms with E-state index in [1.165, 1.54) is 12.1 Å². The number of nitrogens with zero attached hydrogens (tertiary/aromatic N) is 3. The molecular weight excluding hydrogens is 517 g/mol. The van der Waals surface area contributed by atoms with Crippen molar-refractivity contribution in [1.29, 1.82) is 0 Å². The predicted molar refractivity (Wildman–Crippen MR) is 150 cm³/mol. The van der Waals surface area contributed by atoms with Gasteiger partial charge < -0.3 is 15.0 Å². The molecule has 1 aliphatic heterocycles. The number of hydrogen-bond acceptors (Lipinski definition) is 7. The molecule has 1 atom stereocenters. The minimum absolute atomic E-state index is 0.0428. The summed E-state index contributed by atoms with van der Waals surface area (Å²) in [6.07, 6.45) is 2.25. The molecule has 2 aromatic heterocycles. The molecule has 1 saturated heterocycles. The Morgan fingerprint density at radius 3 is 2.74 bits per heavy atom. The van der Waals surface area contributed by atoms with Crippen LogP contribution in [0.1, 0.15) is 46.4 Å². The highest BCUT2D eigenvalue weighted by Crippen LogP contribution is 2.25. The number of amides is 1. The SMILES string of the molecule is CCN1CCC(C(Cc2n[nH]c(=O)s2)NC(=O)c2ccc(OCc3cc(C)nc4ccccc34)cc2F)CC1. The molecule has 1 amide bonds. The second kappa shape index (κ2) is 12.0. The highest BCUT2D eigenvalue weighted by atomic mass is 32.1. The van der Waals surface area contributed by atoms with Gasteiger partial charge in [0, 0.05) is 35.2 Å². The van der Waals surface area contributed by atoms with Gasteiger partial charge in [0.1, 0.15) is 23.2 Å². The fourth-order valence-electron chi connectivity index (χ4n) is 5.23. The molecule has 0 saturated carbocycles. The second-order valence-corrected chi connectivity index (χ2v) is 11.0. The zero-order chi connectivity index (χ0) is 27.4. The number of aromatic amines is 1. The number of H-pyrrole nitrogens is 1. The maximum atomic E-state index is 15.1. The fraction of sp³-hybridized carbons (Fsp3) is 0.379. The number of para-hydroxylation sites is 1. The van der Waals surface area contributed by atoms with E-state index < -0.39 is 11.7 Å². The van der Waals surface area contributed by atoms with Gasteiger partial charge in [-0.2, -0.15) is 5.10 Å². The summed E-state index contributed by atoms with van der Waals surface area (Å²) in [5.41, 5.74) is 2.67. The molecule has 8 nitrogen and oxygen atoms in total. The van der Waals surface area contributed by atoms with Gasteiger partial charge in [-0.3, -0.25) is 14.6 Å². The summed E-state index contributed by atoms with van der Waals surface area (Å²) < 4.78 is 21.1. The normalized spacial score (nSPS) is 15.4. The number of nitrogens with one attached hydrogen (secondary N) is 2. The number of carbonyl (C=O) groups is 1. The Balaban J connectivity index is 1.28. The van der Waals surface area contributed by atoms with E-state index in [-0.39, 0.29) is 29.0 Å². The molecule has 4 aromatic rings. The van der Waals surface area contributed by atoms with Gasteiger partial charge in [-0.05, 0) is 69.6 Å². The summed E-state index contributed by atoms with van der Waals surface area (Å²) in [5.74, 6) is -0.585. The van der Waals surface area contributed by atoms with E-state index in [0.717, 1.165) is 66.0 Å². The number of benzene rings is 2. The highest BCUT2D eigenvalue weighted by Gasteiger charge is 2.29. The van der Waals surface area contributed by atoms with E-state index in [4.69, 9.17) is 4.74 Å². The minimum atomic E-state index is -0.648. The molecule has 1 unspecified atom stereocenters. The van der Waals surface area contributed by atoms with Crippen molar-refractivity contribution < 1.29 is 13.9 Å². The van der Waals surface area contributed by atoms with Crippen molar-refractivity contribution in [1.82, 2.24) is 25.4 Å². The Morgan fingerprint density at radius 2 is 2.03 bits per heavy atom. The quantitative estimate of drug-likeness (QED) is 0.319. The third-order valence-corrected chi connectivity index (χ3v) is 8.12. The molecule has 1 fully saturated rings. The van der Waals surface area contributed by atoms with E-state index in [9.17, 15) is 9.59 Å². The average molecular weight is 550 g/mol. The van der Waals surface area contributed by atoms with Crippen LogP contribution in [0, 0.1) is 18.7 Å². The number of aryl methyl sites for hydroxylation is 1. The van der Waals surface area contributed by atoms with Gasteiger partial charge in [0.05, 0.1) is 11.1 Å². The molecular formula is C29H32FN5O3S. The van der Waals surface area contributed by atoms with Gasteiger partial charge in [-0.15, -0.1) is 0 Å². The zero-order valence-electron chi connectivity index (χ0n) is 22.1. The van der Waals surface area contributed by atoms with Gasteiger partial charge in [0.15, 0.2) is 0 Å². The summed E-state index contributed by atoms with van der Waals surface area (Å²) in [7, 11) is 0. The smallest absolute Gasteiger partial charge is 0.322 e. The molecule has 5 rings (SSSR count). The van der Waals surface area contributed by atoms with Crippen molar-refractivity contribution in [2.75, 3.05) is 19.6 Å². The lowest BCUT2D eigenvalue weighted by atomic mass is 9.87. The molecule has 1 aliphatic rings. The van der Waals surface area contributed by atoms with Crippen LogP contribution in [0.25, 0.3) is 10.9 Å². The van der Waals surface area contributed by atoms with E-state index in [2.05, 4.69) is 32.3 Å². The number of hydrogen-bond donors (Lipinski definition) is 2. The Hall–Kier alpha value is -3.63. The van der Waals surface area contributed by atoms with Crippen LogP contribution in [0.5, 0.6) is 5.75 Å². The third-order valence-electron chi connectivity index (χ3n) is 7.35. The lowest BCUT2D eigenvalue weighted by Crippen LogP contribution is -2.46. The molecule has 204 valence electrons. The maximum Gasteiger partial charge on any atom is 0.322 e. The molecule has 3 heterocycles. The van der Waals surface area contributed by atoms with Crippen LogP contribution in [0.15, 0.2) is 53.3 Å². The second-order valence-electron chi connectivity index (χ2n) is 9.93. The zero-order valence-corrected chi connectivity index (χ0v) is 22.9. The van der Waals surface area contributed by atoms with E-state index in [1.54, 1.807) is 6.07 Å². The number of pyridine rings is 1. The van der Waals surface area contributed by atoms with Crippen molar-refractivity contribution in [2.45, 2.75) is 45.8 Å². The van der Waals surface area contributed by atoms with Crippen molar-refractivity contribution in [3.63, 3.8) is 0 Å². The standard InChI is InChI=1S/C29H32FN5O3S/c1-3-35-12-10-19(11-13-35)26(16-27-33-34-29(37)39-27)32-28(36)23-9-8-21(15-24(23)30)38-17-20-14-18(2)31-25-7-5-4-6-22(20)25/h4-9,14-15,19,26H,3,10-13,16-17H2,1-2H3,(H,32,36)(H,34,37). The van der Waals surface area contributed by atoms with Crippen molar-refractivity contribution in [2.24, 2.45) is 5.92 Å². The summed E-state index contributed by atoms with van der Waals surface area (Å²) in [4.78, 5) is 31.5. The monoisotopic (exact) mass is 549 g/mol. The lowest BCUT2D eigenvalue weighted by molar-refractivity contribution is 0.0891. The van der Waals surface area contributed by atoms with Gasteiger partial charge in [0.2, 0.25) is 0 Å². The highest BCUT2D eigenvalue weighted by molar-refractivity contribution is 7.08. The largest absolute Gasteiger partial charge is 0.489 e. The third kappa shape index (κ3) is 6.51. The van der Waals surface area contributed by atoms with Crippen LogP contribution in [-0.4, -0.2) is 51.7 Å². The van der Waals surface area contributed by atoms with Crippen molar-refractivity contribution in [3.8, 4) is 5.75 Å². The lowest BCUT2D eigenvalue weighted by Gasteiger charge is -2.35. The topological polar surface area (TPSA) is 100 Å². The van der Waals surface area contributed by atoms with Gasteiger partial charge >= 0.3 is 4.87 Å². The Labute approximate surface area is 230 Å². The van der Waals surface area contributed by atoms with E-state index >= 15 is 4.39 Å². The Morgan fingerprint density at radius 1 is 1.23 bits per heavy atom. The number of carbonyl (C=O) groups excluding carboxylic acids is 1. The molecule has 2 N–H and O–H groups in total. The number of ether oxygens (including phenoxy) is 1. The molecule has 0 radical (unpaired) electrons. The van der Waals surface area contributed by atoms with Crippen molar-refractivity contribution in [3.05, 3.63) is 85.8 Å². The number of halogens is 1. The van der Waals surface area contributed by atoms with Crippen LogP contribution >= 0.6 is 11.3 Å². The van der Waals surface area contributed by atoms with Gasteiger partial charge in [-0.25, -0.2) is 9.49 Å². The first-order valence-electron chi connectivity index (χ1n) is 13.2. The number of fused-ring (bicyclic) bond motifs is 1. The summed E-state index contributed by atoms with van der Waals surface area (Å²) in [6.45, 7) is 7.18. The van der Waals surface area contributed by atoms with Gasteiger partial charge in [-0.1, -0.05) is 36.5 Å². The van der Waals surface area contributed by atoms with Crippen LogP contribution in [0.4, 0.5) is 4.39 Å². The van der Waals surface area contributed by atoms with Crippen LogP contribution < -0.4 is 14.9 Å². The number of likely N-dealkylation sites (tertiary alicyclic amines) is 1. The number of piperidine rings is 1. The van der Waals surface area contributed by atoms with Gasteiger partial charge in [0.25, 0.3) is 5.91 Å². The Bertz CT molecular complexity index is 1510. The number of aromatic nitrogens is 3. The summed E-state index contributed by atoms with van der Waals surface area (Å²) in [5, 5.41) is 11.2. The molecule has 0 aliphatic carbocycles. The minimum Gasteiger partial charge on any atom is -0.489 e. The molecule has 2 aromatic carbocycles. The number of rotatable bonds is 9. The maximum absolute atomic E-state index is 15.1. The summed E-state index contributed by atoms with van der Waals surface area (Å²) >= 11 is 1.04. The van der Waals surface area contributed by atoms with Crippen LogP contribution in [0.2, 0.25) is 0 Å². The van der Waals surface area contributed by atoms with Crippen LogP contribution in [-0.2, 0) is 13.0 Å². The first kappa shape index (κ1) is 27.0. The average Bonchev–Trinajstić information content (AvgIpc) is 3.35. The van der Waals surface area contributed by atoms with E-state index in [1.807, 2.05) is 37.3 Å². The van der Waals surface area contributed by atoms with E-state index in [0.29, 0.717) is 17.2 Å². The predicted octanol–water partition coefficient (Wildman–Crippen LogP) is 4.48. The fourth-order valence-corrected chi connectivity index (χ4v) is 5.89. The molecule has 39 heavy (non-hydrogen) atoms. The molecule has 0 spiro atoms. The summed E-state index contributed by atoms with van der Waals surface area (Å²) in [6, 6.07) is 13.8. The van der Waals surface area contributed by atoms with Crippen molar-refractivity contribution >= 4 is 28.1 Å². The first-order valence-corrected chi connectivity index (χ1v) is 14.1. The van der Waals surface area contributed by atoms with Crippen LogP contribution in [0.3, 0.4) is 0 Å². The first-order chi connectivity index (χ1) is 18.9. The molecule has 0 bridgehead atoms.